The Balaban J connectivity index is 1.67. The second-order valence-electron chi connectivity index (χ2n) is 7.81. The van der Waals surface area contributed by atoms with E-state index in [1.54, 1.807) is 36.4 Å². The first-order valence-electron chi connectivity index (χ1n) is 10.5. The molecule has 9 heteroatoms. The minimum atomic E-state index is -3.95. The van der Waals surface area contributed by atoms with E-state index < -0.39 is 16.1 Å². The van der Waals surface area contributed by atoms with Gasteiger partial charge in [-0.05, 0) is 62.4 Å². The first-order chi connectivity index (χ1) is 14.9. The number of piperidine rings is 1. The number of sulfonamides is 1. The lowest BCUT2D eigenvalue weighted by atomic mass is 10.1. The van der Waals surface area contributed by atoms with Crippen molar-refractivity contribution in [2.75, 3.05) is 34.6 Å². The highest BCUT2D eigenvalue weighted by Gasteiger charge is 2.27. The summed E-state index contributed by atoms with van der Waals surface area (Å²) in [6.45, 7) is 2.14. The maximum absolute atomic E-state index is 13.4. The molecule has 31 heavy (non-hydrogen) atoms. The van der Waals surface area contributed by atoms with Gasteiger partial charge in [0.15, 0.2) is 0 Å². The van der Waals surface area contributed by atoms with Crippen molar-refractivity contribution in [2.24, 2.45) is 0 Å². The summed E-state index contributed by atoms with van der Waals surface area (Å²) in [4.78, 5) is 14.7. The first-order valence-corrected chi connectivity index (χ1v) is 12.4. The van der Waals surface area contributed by atoms with Gasteiger partial charge in [-0.15, -0.1) is 0 Å². The Bertz CT molecular complexity index is 1050. The van der Waals surface area contributed by atoms with Gasteiger partial charge in [-0.25, -0.2) is 8.42 Å². The summed E-state index contributed by atoms with van der Waals surface area (Å²) in [5.41, 5.74) is 1.35. The average Bonchev–Trinajstić information content (AvgIpc) is 3.31. The minimum Gasteiger partial charge on any atom is -0.370 e. The fraction of sp³-hybridized carbons (Fsp3) is 0.409. The molecule has 1 amide bonds. The van der Waals surface area contributed by atoms with E-state index in [0.717, 1.165) is 38.8 Å². The maximum atomic E-state index is 13.4. The van der Waals surface area contributed by atoms with Crippen LogP contribution in [0.25, 0.3) is 0 Å². The van der Waals surface area contributed by atoms with Crippen molar-refractivity contribution >= 4 is 44.6 Å². The molecule has 2 aliphatic heterocycles. The largest absolute Gasteiger partial charge is 0.370 e. The molecule has 0 aromatic heterocycles. The number of amides is 1. The van der Waals surface area contributed by atoms with Crippen LogP contribution in [-0.2, 0) is 19.6 Å². The van der Waals surface area contributed by atoms with Gasteiger partial charge >= 0.3 is 0 Å². The van der Waals surface area contributed by atoms with Crippen LogP contribution >= 0.6 is 11.6 Å². The van der Waals surface area contributed by atoms with Crippen molar-refractivity contribution in [1.29, 1.82) is 0 Å². The van der Waals surface area contributed by atoms with E-state index in [0.29, 0.717) is 35.1 Å². The molecule has 2 aromatic carbocycles. The van der Waals surface area contributed by atoms with E-state index >= 15 is 0 Å². The number of carbonyl (C=O) groups is 1. The van der Waals surface area contributed by atoms with Gasteiger partial charge in [0, 0.05) is 25.4 Å². The molecule has 2 aromatic rings. The Morgan fingerprint density at radius 1 is 1.06 bits per heavy atom. The molecule has 2 saturated heterocycles. The molecule has 1 atom stereocenters. The fourth-order valence-electron chi connectivity index (χ4n) is 3.95. The molecular formula is C22H26ClN3O4S. The molecule has 0 unspecified atom stereocenters. The quantitative estimate of drug-likeness (QED) is 0.668. The number of nitrogens with one attached hydrogen (secondary N) is 2. The fourth-order valence-corrected chi connectivity index (χ4v) is 5.53. The third-order valence-corrected chi connectivity index (χ3v) is 7.28. The van der Waals surface area contributed by atoms with E-state index in [4.69, 9.17) is 16.3 Å². The molecule has 2 fully saturated rings. The lowest BCUT2D eigenvalue weighted by molar-refractivity contribution is -0.124. The number of ether oxygens (including phenoxy) is 1. The minimum absolute atomic E-state index is 0.111. The number of carbonyl (C=O) groups excluding carboxylic acids is 1. The number of para-hydroxylation sites is 1. The monoisotopic (exact) mass is 463 g/mol. The van der Waals surface area contributed by atoms with Crippen LogP contribution in [0.5, 0.6) is 0 Å². The van der Waals surface area contributed by atoms with Crippen LogP contribution in [0.4, 0.5) is 17.1 Å². The zero-order valence-electron chi connectivity index (χ0n) is 17.1. The van der Waals surface area contributed by atoms with E-state index in [9.17, 15) is 13.2 Å². The van der Waals surface area contributed by atoms with Crippen LogP contribution in [-0.4, -0.2) is 40.1 Å². The highest BCUT2D eigenvalue weighted by molar-refractivity contribution is 7.93. The van der Waals surface area contributed by atoms with Crippen LogP contribution in [0.2, 0.25) is 5.02 Å². The summed E-state index contributed by atoms with van der Waals surface area (Å²) in [5.74, 6) is -0.259. The number of halogens is 1. The number of rotatable bonds is 6. The molecule has 4 rings (SSSR count). The number of hydrogen-bond donors (Lipinski definition) is 2. The molecule has 2 N–H and O–H groups in total. The third kappa shape index (κ3) is 5.14. The van der Waals surface area contributed by atoms with Crippen molar-refractivity contribution in [1.82, 2.24) is 0 Å². The second kappa shape index (κ2) is 9.46. The maximum Gasteiger partial charge on any atom is 0.264 e. The van der Waals surface area contributed by atoms with Crippen molar-refractivity contribution in [3.8, 4) is 0 Å². The lowest BCUT2D eigenvalue weighted by Gasteiger charge is -2.30. The zero-order chi connectivity index (χ0) is 21.8. The smallest absolute Gasteiger partial charge is 0.264 e. The standard InChI is InChI=1S/C22H26ClN3O4S/c23-17-7-2-3-8-18(17)25-31(28,29)21-15-16(24-22(27)20-9-6-14-30-20)10-11-19(21)26-12-4-1-5-13-26/h2-3,7-8,10-11,15,20,25H,1,4-6,9,12-14H2,(H,24,27)/t20-/m1/s1. The molecule has 2 aliphatic rings. The summed E-state index contributed by atoms with van der Waals surface area (Å²) < 4.78 is 34.8. The van der Waals surface area contributed by atoms with E-state index in [2.05, 4.69) is 14.9 Å². The molecule has 0 aliphatic carbocycles. The lowest BCUT2D eigenvalue weighted by Crippen LogP contribution is -2.31. The van der Waals surface area contributed by atoms with Gasteiger partial charge < -0.3 is 15.0 Å². The predicted octanol–water partition coefficient (Wildman–Crippen LogP) is 4.25. The third-order valence-electron chi connectivity index (χ3n) is 5.55. The van der Waals surface area contributed by atoms with Gasteiger partial charge in [-0.3, -0.25) is 9.52 Å². The Morgan fingerprint density at radius 3 is 2.55 bits per heavy atom. The van der Waals surface area contributed by atoms with Gasteiger partial charge in [-0.1, -0.05) is 23.7 Å². The topological polar surface area (TPSA) is 87.7 Å². The Hall–Kier alpha value is -2.29. The van der Waals surface area contributed by atoms with E-state index in [1.165, 1.54) is 6.07 Å². The van der Waals surface area contributed by atoms with Crippen molar-refractivity contribution < 1.29 is 17.9 Å². The van der Waals surface area contributed by atoms with Gasteiger partial charge in [0.2, 0.25) is 0 Å². The molecule has 0 bridgehead atoms. The Kier molecular flexibility index (Phi) is 6.69. The van der Waals surface area contributed by atoms with Crippen LogP contribution in [0.15, 0.2) is 47.4 Å². The molecule has 2 heterocycles. The highest BCUT2D eigenvalue weighted by Crippen LogP contribution is 2.33. The Labute approximate surface area is 187 Å². The van der Waals surface area contributed by atoms with Gasteiger partial charge in [0.25, 0.3) is 15.9 Å². The summed E-state index contributed by atoms with van der Waals surface area (Å²) in [5, 5.41) is 3.11. The summed E-state index contributed by atoms with van der Waals surface area (Å²) >= 11 is 6.17. The summed E-state index contributed by atoms with van der Waals surface area (Å²) in [6.07, 6.45) is 4.16. The summed E-state index contributed by atoms with van der Waals surface area (Å²) in [7, 11) is -3.95. The van der Waals surface area contributed by atoms with Gasteiger partial charge in [0.1, 0.15) is 11.0 Å². The molecule has 0 radical (unpaired) electrons. The van der Waals surface area contributed by atoms with Crippen molar-refractivity contribution in [2.45, 2.75) is 43.1 Å². The van der Waals surface area contributed by atoms with Crippen molar-refractivity contribution in [3.05, 3.63) is 47.5 Å². The van der Waals surface area contributed by atoms with Crippen LogP contribution in [0.1, 0.15) is 32.1 Å². The van der Waals surface area contributed by atoms with Crippen LogP contribution in [0, 0.1) is 0 Å². The van der Waals surface area contributed by atoms with Gasteiger partial charge in [-0.2, -0.15) is 0 Å². The highest BCUT2D eigenvalue weighted by atomic mass is 35.5. The van der Waals surface area contributed by atoms with Crippen molar-refractivity contribution in [3.63, 3.8) is 0 Å². The molecule has 0 saturated carbocycles. The van der Waals surface area contributed by atoms with Crippen LogP contribution < -0.4 is 14.9 Å². The van der Waals surface area contributed by atoms with Crippen LogP contribution in [0.3, 0.4) is 0 Å². The first kappa shape index (κ1) is 21.9. The molecular weight excluding hydrogens is 438 g/mol. The van der Waals surface area contributed by atoms with E-state index in [1.807, 2.05) is 0 Å². The SMILES string of the molecule is O=C(Nc1ccc(N2CCCCC2)c(S(=O)(=O)Nc2ccccc2Cl)c1)[C@H]1CCCO1. The second-order valence-corrected chi connectivity index (χ2v) is 9.86. The van der Waals surface area contributed by atoms with E-state index in [-0.39, 0.29) is 10.8 Å². The predicted molar refractivity (Wildman–Crippen MR) is 122 cm³/mol. The molecule has 166 valence electrons. The number of hydrogen-bond acceptors (Lipinski definition) is 5. The molecule has 0 spiro atoms. The normalized spacial score (nSPS) is 19.3. The number of anilines is 3. The summed E-state index contributed by atoms with van der Waals surface area (Å²) in [6, 6.07) is 11.7. The Morgan fingerprint density at radius 2 is 1.84 bits per heavy atom. The average molecular weight is 464 g/mol. The number of benzene rings is 2. The zero-order valence-corrected chi connectivity index (χ0v) is 18.7. The van der Waals surface area contributed by atoms with Gasteiger partial charge in [0.05, 0.1) is 16.4 Å². The number of nitrogens with zero attached hydrogens (tertiary/aromatic N) is 1. The molecule has 7 nitrogen and oxygen atoms in total.